The first kappa shape index (κ1) is 21.7. The van der Waals surface area contributed by atoms with E-state index in [-0.39, 0.29) is 23.8 Å². The van der Waals surface area contributed by atoms with E-state index in [0.717, 1.165) is 22.6 Å². The van der Waals surface area contributed by atoms with Crippen molar-refractivity contribution in [2.75, 3.05) is 19.4 Å². The molecular weight excluding hydrogens is 351 g/mol. The zero-order valence-electron chi connectivity index (χ0n) is 17.1. The van der Waals surface area contributed by atoms with Crippen LogP contribution in [0.15, 0.2) is 72.6 Å². The summed E-state index contributed by atoms with van der Waals surface area (Å²) in [5, 5.41) is 10.1. The van der Waals surface area contributed by atoms with Gasteiger partial charge in [-0.2, -0.15) is 0 Å². The molecule has 0 aliphatic heterocycles. The Morgan fingerprint density at radius 3 is 2.18 bits per heavy atom. The summed E-state index contributed by atoms with van der Waals surface area (Å²) in [6.07, 6.45) is 1.73. The molecule has 0 spiro atoms. The lowest BCUT2D eigenvalue weighted by atomic mass is 9.81. The number of nitrogens with two attached hydrogens (primary N) is 1. The van der Waals surface area contributed by atoms with Gasteiger partial charge in [0.05, 0.1) is 0 Å². The van der Waals surface area contributed by atoms with Crippen molar-refractivity contribution in [3.63, 3.8) is 0 Å². The van der Waals surface area contributed by atoms with E-state index < -0.39 is 0 Å². The van der Waals surface area contributed by atoms with Crippen molar-refractivity contribution in [2.45, 2.75) is 31.8 Å². The van der Waals surface area contributed by atoms with Gasteiger partial charge in [-0.05, 0) is 56.3 Å². The Hall–Kier alpha value is -2.63. The molecule has 0 aliphatic rings. The lowest BCUT2D eigenvalue weighted by molar-refractivity contribution is 0.572. The predicted molar refractivity (Wildman–Crippen MR) is 117 cm³/mol. The third kappa shape index (κ3) is 5.21. The van der Waals surface area contributed by atoms with Gasteiger partial charge < -0.3 is 21.7 Å². The molecule has 0 saturated carbocycles. The summed E-state index contributed by atoms with van der Waals surface area (Å²) >= 11 is 0. The molecule has 5 heteroatoms. The molecule has 0 bridgehead atoms. The quantitative estimate of drug-likeness (QED) is 0.497. The molecule has 3 unspecified atom stereocenters. The van der Waals surface area contributed by atoms with Crippen LogP contribution in [0.5, 0.6) is 0 Å². The summed E-state index contributed by atoms with van der Waals surface area (Å²) < 4.78 is 13.5. The van der Waals surface area contributed by atoms with E-state index in [9.17, 15) is 4.39 Å². The Morgan fingerprint density at radius 2 is 1.68 bits per heavy atom. The number of aryl methyl sites for hydroxylation is 1. The molecule has 150 valence electrons. The maximum atomic E-state index is 13.5. The Kier molecular flexibility index (Phi) is 7.79. The number of hydrogen-bond acceptors (Lipinski definition) is 4. The van der Waals surface area contributed by atoms with Gasteiger partial charge in [-0.25, -0.2) is 4.39 Å². The van der Waals surface area contributed by atoms with E-state index in [1.54, 1.807) is 18.2 Å². The van der Waals surface area contributed by atoms with Crippen LogP contribution in [0.4, 0.5) is 10.1 Å². The molecule has 0 aliphatic carbocycles. The van der Waals surface area contributed by atoms with E-state index in [1.165, 1.54) is 17.7 Å². The normalized spacial score (nSPS) is 15.2. The molecule has 0 amide bonds. The van der Waals surface area contributed by atoms with Gasteiger partial charge in [0.25, 0.3) is 0 Å². The Bertz CT molecular complexity index is 796. The van der Waals surface area contributed by atoms with Crippen LogP contribution in [0.25, 0.3) is 0 Å². The van der Waals surface area contributed by atoms with E-state index in [0.29, 0.717) is 0 Å². The average Bonchev–Trinajstić information content (AvgIpc) is 2.71. The Labute approximate surface area is 167 Å². The van der Waals surface area contributed by atoms with Crippen molar-refractivity contribution < 1.29 is 4.39 Å². The molecular formula is C23H31FN4. The van der Waals surface area contributed by atoms with E-state index in [2.05, 4.69) is 48.5 Å². The van der Waals surface area contributed by atoms with Crippen LogP contribution >= 0.6 is 0 Å². The summed E-state index contributed by atoms with van der Waals surface area (Å²) in [5.74, 6) is 0.409. The first-order valence-electron chi connectivity index (χ1n) is 9.47. The topological polar surface area (TPSA) is 62.1 Å². The van der Waals surface area contributed by atoms with Crippen molar-refractivity contribution in [3.8, 4) is 0 Å². The molecule has 2 aromatic carbocycles. The van der Waals surface area contributed by atoms with Gasteiger partial charge in [-0.15, -0.1) is 6.58 Å². The summed E-state index contributed by atoms with van der Waals surface area (Å²) in [6.45, 7) is 8.02. The molecule has 28 heavy (non-hydrogen) atoms. The van der Waals surface area contributed by atoms with Crippen molar-refractivity contribution in [3.05, 3.63) is 89.5 Å². The van der Waals surface area contributed by atoms with Crippen LogP contribution in [0.2, 0.25) is 0 Å². The number of benzene rings is 2. The summed E-state index contributed by atoms with van der Waals surface area (Å²) in [7, 11) is 3.78. The smallest absolute Gasteiger partial charge is 0.123 e. The highest BCUT2D eigenvalue weighted by atomic mass is 19.1. The maximum Gasteiger partial charge on any atom is 0.123 e. The van der Waals surface area contributed by atoms with Crippen LogP contribution in [-0.4, -0.2) is 26.2 Å². The van der Waals surface area contributed by atoms with Gasteiger partial charge in [0.2, 0.25) is 0 Å². The second kappa shape index (κ2) is 10.1. The number of halogens is 1. The minimum atomic E-state index is -0.334. The van der Waals surface area contributed by atoms with Crippen molar-refractivity contribution in [1.82, 2.24) is 10.6 Å². The fraction of sp³-hybridized carbons (Fsp3) is 0.304. The molecule has 2 aromatic rings. The van der Waals surface area contributed by atoms with Gasteiger partial charge in [-0.1, -0.05) is 35.9 Å². The average molecular weight is 383 g/mol. The summed E-state index contributed by atoms with van der Waals surface area (Å²) in [6, 6.07) is 14.4. The Morgan fingerprint density at radius 1 is 1.07 bits per heavy atom. The monoisotopic (exact) mass is 382 g/mol. The molecule has 0 aromatic heterocycles. The van der Waals surface area contributed by atoms with Crippen molar-refractivity contribution >= 4 is 5.69 Å². The van der Waals surface area contributed by atoms with E-state index >= 15 is 0 Å². The highest BCUT2D eigenvalue weighted by molar-refractivity contribution is 5.51. The van der Waals surface area contributed by atoms with Gasteiger partial charge >= 0.3 is 0 Å². The molecule has 0 radical (unpaired) electrons. The molecule has 4 nitrogen and oxygen atoms in total. The van der Waals surface area contributed by atoms with Crippen LogP contribution in [-0.2, 0) is 0 Å². The van der Waals surface area contributed by atoms with Gasteiger partial charge in [0.1, 0.15) is 11.6 Å². The minimum absolute atomic E-state index is 0.0152. The molecule has 0 fully saturated rings. The lowest BCUT2D eigenvalue weighted by Crippen LogP contribution is -2.38. The van der Waals surface area contributed by atoms with Crippen LogP contribution < -0.4 is 21.7 Å². The van der Waals surface area contributed by atoms with Crippen LogP contribution in [0.3, 0.4) is 0 Å². The highest BCUT2D eigenvalue weighted by Gasteiger charge is 2.28. The van der Waals surface area contributed by atoms with E-state index in [4.69, 9.17) is 5.73 Å². The molecule has 5 N–H and O–H groups in total. The molecule has 3 atom stereocenters. The third-order valence-corrected chi connectivity index (χ3v) is 4.98. The zero-order chi connectivity index (χ0) is 20.7. The molecule has 2 rings (SSSR count). The largest absolute Gasteiger partial charge is 0.375 e. The van der Waals surface area contributed by atoms with Crippen LogP contribution in [0.1, 0.15) is 24.0 Å². The summed E-state index contributed by atoms with van der Waals surface area (Å²) in [4.78, 5) is 0. The van der Waals surface area contributed by atoms with Gasteiger partial charge in [0.15, 0.2) is 0 Å². The first-order valence-corrected chi connectivity index (χ1v) is 9.47. The predicted octanol–water partition coefficient (Wildman–Crippen LogP) is 3.88. The maximum absolute atomic E-state index is 13.5. The van der Waals surface area contributed by atoms with Crippen LogP contribution in [0, 0.1) is 12.7 Å². The number of nitrogens with one attached hydrogen (secondary N) is 3. The molecule has 0 saturated heterocycles. The second-order valence-electron chi connectivity index (χ2n) is 6.92. The second-order valence-corrected chi connectivity index (χ2v) is 6.92. The Balaban J connectivity index is 2.59. The fourth-order valence-corrected chi connectivity index (χ4v) is 3.27. The highest BCUT2D eigenvalue weighted by Crippen LogP contribution is 2.32. The third-order valence-electron chi connectivity index (χ3n) is 4.98. The zero-order valence-corrected chi connectivity index (χ0v) is 17.1. The van der Waals surface area contributed by atoms with Crippen molar-refractivity contribution in [1.29, 1.82) is 0 Å². The standard InChI is InChI=1S/C23H31FN4/c1-6-20(25)22(17-9-11-18(24)12-10-17)21(16(3)26-4)23(27-5)28-19-13-7-15(2)8-14-19/h6-14,16,20,22,26-28H,1,25H2,2-5H3/b23-21+. The number of rotatable bonds is 9. The lowest BCUT2D eigenvalue weighted by Gasteiger charge is -2.32. The van der Waals surface area contributed by atoms with E-state index in [1.807, 2.05) is 26.2 Å². The number of anilines is 1. The number of hydrogen-bond donors (Lipinski definition) is 4. The SMILES string of the molecule is C=CC(N)C(/C(=C(\NC)Nc1ccc(C)cc1)C(C)NC)c1ccc(F)cc1. The summed E-state index contributed by atoms with van der Waals surface area (Å²) in [5.41, 5.74) is 10.6. The molecule has 0 heterocycles. The number of likely N-dealkylation sites (N-methyl/N-ethyl adjacent to an activating group) is 1. The minimum Gasteiger partial charge on any atom is -0.375 e. The van der Waals surface area contributed by atoms with Gasteiger partial charge in [-0.3, -0.25) is 0 Å². The van der Waals surface area contributed by atoms with Crippen molar-refractivity contribution in [2.24, 2.45) is 5.73 Å². The van der Waals surface area contributed by atoms with Gasteiger partial charge in [0, 0.05) is 30.7 Å². The first-order chi connectivity index (χ1) is 13.4. The fourth-order valence-electron chi connectivity index (χ4n) is 3.27.